The number of nitrogens with zero attached hydrogens (tertiary/aromatic N) is 2. The largest absolute Gasteiger partial charge is 0.306 e. The van der Waals surface area contributed by atoms with Crippen molar-refractivity contribution < 1.29 is 0 Å². The summed E-state index contributed by atoms with van der Waals surface area (Å²) in [6.45, 7) is 2.05. The second-order valence-electron chi connectivity index (χ2n) is 3.94. The van der Waals surface area contributed by atoms with Gasteiger partial charge in [-0.05, 0) is 44.1 Å². The number of halogens is 1. The van der Waals surface area contributed by atoms with Gasteiger partial charge in [0.25, 0.3) is 0 Å². The Hall–Kier alpha value is -0.850. The first-order chi connectivity index (χ1) is 7.72. The zero-order chi connectivity index (χ0) is 11.8. The van der Waals surface area contributed by atoms with E-state index >= 15 is 0 Å². The van der Waals surface area contributed by atoms with E-state index in [1.807, 2.05) is 6.07 Å². The zero-order valence-electron chi connectivity index (χ0n) is 9.62. The Morgan fingerprint density at radius 1 is 1.38 bits per heavy atom. The lowest BCUT2D eigenvalue weighted by Gasteiger charge is -2.15. The van der Waals surface area contributed by atoms with E-state index in [9.17, 15) is 0 Å². The molecular weight excluding hydrogens is 264 g/mol. The molecule has 0 N–H and O–H groups in total. The number of benzene rings is 1. The van der Waals surface area contributed by atoms with Gasteiger partial charge in [-0.15, -0.1) is 0 Å². The molecule has 0 aliphatic rings. The lowest BCUT2D eigenvalue weighted by atomic mass is 10.1. The molecule has 0 saturated heterocycles. The molecule has 0 saturated carbocycles. The fourth-order valence-electron chi connectivity index (χ4n) is 1.55. The highest BCUT2D eigenvalue weighted by Crippen LogP contribution is 2.12. The fraction of sp³-hybridized carbons (Fsp3) is 0.462. The number of hydrogen-bond acceptors (Lipinski definition) is 2. The number of unbranched alkanes of at least 4 members (excludes halogenated alkanes) is 1. The number of rotatable bonds is 6. The van der Waals surface area contributed by atoms with Gasteiger partial charge in [0.2, 0.25) is 0 Å². The van der Waals surface area contributed by atoms with Gasteiger partial charge < -0.3 is 4.90 Å². The van der Waals surface area contributed by atoms with Gasteiger partial charge in [-0.25, -0.2) is 0 Å². The molecule has 0 atom stereocenters. The summed E-state index contributed by atoms with van der Waals surface area (Å²) in [4.78, 5) is 2.28. The first-order valence-corrected chi connectivity index (χ1v) is 6.31. The number of hydrogen-bond donors (Lipinski definition) is 0. The minimum Gasteiger partial charge on any atom is -0.306 e. The lowest BCUT2D eigenvalue weighted by Crippen LogP contribution is -2.22. The molecule has 1 aromatic carbocycles. The van der Waals surface area contributed by atoms with Crippen LogP contribution in [0.25, 0.3) is 0 Å². The topological polar surface area (TPSA) is 27.0 Å². The van der Waals surface area contributed by atoms with Crippen molar-refractivity contribution in [2.75, 3.05) is 20.1 Å². The molecule has 0 aliphatic carbocycles. The van der Waals surface area contributed by atoms with Crippen LogP contribution in [-0.2, 0) is 6.42 Å². The van der Waals surface area contributed by atoms with Crippen LogP contribution in [-0.4, -0.2) is 25.0 Å². The highest BCUT2D eigenvalue weighted by atomic mass is 79.9. The van der Waals surface area contributed by atoms with Crippen LogP contribution in [0, 0.1) is 11.3 Å². The summed E-state index contributed by atoms with van der Waals surface area (Å²) in [5.41, 5.74) is 1.35. The standard InChI is InChI=1S/C13H17BrN2/c1-16(9-3-2-8-15)10-7-12-5-4-6-13(14)11-12/h4-6,11H,2-3,7,9-10H2,1H3. The quantitative estimate of drug-likeness (QED) is 0.748. The molecule has 0 radical (unpaired) electrons. The second kappa shape index (κ2) is 7.43. The highest BCUT2D eigenvalue weighted by Gasteiger charge is 1.99. The summed E-state index contributed by atoms with van der Waals surface area (Å²) in [7, 11) is 2.11. The van der Waals surface area contributed by atoms with Crippen LogP contribution in [0.3, 0.4) is 0 Å². The Balaban J connectivity index is 2.26. The third-order valence-electron chi connectivity index (χ3n) is 2.50. The van der Waals surface area contributed by atoms with Crippen LogP contribution in [0.15, 0.2) is 28.7 Å². The van der Waals surface area contributed by atoms with Gasteiger partial charge in [0, 0.05) is 17.4 Å². The van der Waals surface area contributed by atoms with Crippen LogP contribution in [0.1, 0.15) is 18.4 Å². The molecule has 0 aromatic heterocycles. The summed E-state index contributed by atoms with van der Waals surface area (Å²) in [6.07, 6.45) is 2.68. The Morgan fingerprint density at radius 3 is 2.88 bits per heavy atom. The normalized spacial score (nSPS) is 10.4. The predicted octanol–water partition coefficient (Wildman–Crippen LogP) is 3.23. The first kappa shape index (κ1) is 13.2. The molecule has 0 unspecified atom stereocenters. The van der Waals surface area contributed by atoms with Crippen LogP contribution < -0.4 is 0 Å². The molecule has 1 rings (SSSR count). The number of likely N-dealkylation sites (N-methyl/N-ethyl adjacent to an activating group) is 1. The van der Waals surface area contributed by atoms with Gasteiger partial charge in [-0.1, -0.05) is 28.1 Å². The van der Waals surface area contributed by atoms with Crippen LogP contribution in [0.4, 0.5) is 0 Å². The van der Waals surface area contributed by atoms with E-state index in [4.69, 9.17) is 5.26 Å². The van der Waals surface area contributed by atoms with Crippen LogP contribution in [0.5, 0.6) is 0 Å². The van der Waals surface area contributed by atoms with Gasteiger partial charge in [0.1, 0.15) is 0 Å². The Bertz CT molecular complexity index is 357. The highest BCUT2D eigenvalue weighted by molar-refractivity contribution is 9.10. The van der Waals surface area contributed by atoms with E-state index in [2.05, 4.69) is 52.1 Å². The molecule has 0 bridgehead atoms. The summed E-state index contributed by atoms with van der Waals surface area (Å²) >= 11 is 3.47. The van der Waals surface area contributed by atoms with Gasteiger partial charge in [-0.3, -0.25) is 0 Å². The van der Waals surface area contributed by atoms with Crippen LogP contribution >= 0.6 is 15.9 Å². The fourth-order valence-corrected chi connectivity index (χ4v) is 2.00. The first-order valence-electron chi connectivity index (χ1n) is 5.52. The maximum absolute atomic E-state index is 8.44. The van der Waals surface area contributed by atoms with Crippen molar-refractivity contribution in [2.45, 2.75) is 19.3 Å². The summed E-state index contributed by atoms with van der Waals surface area (Å²) in [6, 6.07) is 10.6. The molecule has 0 heterocycles. The maximum Gasteiger partial charge on any atom is 0.0622 e. The summed E-state index contributed by atoms with van der Waals surface area (Å²) in [5.74, 6) is 0. The van der Waals surface area contributed by atoms with E-state index < -0.39 is 0 Å². The van der Waals surface area contributed by atoms with E-state index in [0.717, 1.165) is 30.4 Å². The molecule has 2 nitrogen and oxygen atoms in total. The number of nitriles is 1. The SMILES string of the molecule is CN(CCCC#N)CCc1cccc(Br)c1. The van der Waals surface area contributed by atoms with Crippen molar-refractivity contribution in [3.05, 3.63) is 34.3 Å². The van der Waals surface area contributed by atoms with Crippen molar-refractivity contribution in [1.82, 2.24) is 4.90 Å². The smallest absolute Gasteiger partial charge is 0.0622 e. The van der Waals surface area contributed by atoms with E-state index in [1.165, 1.54) is 5.56 Å². The molecule has 0 fully saturated rings. The molecule has 3 heteroatoms. The van der Waals surface area contributed by atoms with E-state index in [-0.39, 0.29) is 0 Å². The Kier molecular flexibility index (Phi) is 6.14. The van der Waals surface area contributed by atoms with Gasteiger partial charge in [-0.2, -0.15) is 5.26 Å². The average Bonchev–Trinajstić information content (AvgIpc) is 2.27. The summed E-state index contributed by atoms with van der Waals surface area (Å²) in [5, 5.41) is 8.44. The molecule has 0 aliphatic heterocycles. The molecule has 16 heavy (non-hydrogen) atoms. The Morgan fingerprint density at radius 2 is 2.19 bits per heavy atom. The predicted molar refractivity (Wildman–Crippen MR) is 70.2 cm³/mol. The molecule has 86 valence electrons. The maximum atomic E-state index is 8.44. The lowest BCUT2D eigenvalue weighted by molar-refractivity contribution is 0.335. The minimum absolute atomic E-state index is 0.654. The van der Waals surface area contributed by atoms with Gasteiger partial charge in [0.05, 0.1) is 6.07 Å². The van der Waals surface area contributed by atoms with E-state index in [0.29, 0.717) is 6.42 Å². The molecule has 1 aromatic rings. The molecule has 0 spiro atoms. The second-order valence-corrected chi connectivity index (χ2v) is 4.86. The Labute approximate surface area is 106 Å². The van der Waals surface area contributed by atoms with E-state index in [1.54, 1.807) is 0 Å². The minimum atomic E-state index is 0.654. The van der Waals surface area contributed by atoms with Crippen LogP contribution in [0.2, 0.25) is 0 Å². The monoisotopic (exact) mass is 280 g/mol. The van der Waals surface area contributed by atoms with Crippen molar-refractivity contribution in [3.8, 4) is 6.07 Å². The molecular formula is C13H17BrN2. The van der Waals surface area contributed by atoms with Crippen molar-refractivity contribution >= 4 is 15.9 Å². The zero-order valence-corrected chi connectivity index (χ0v) is 11.2. The van der Waals surface area contributed by atoms with Gasteiger partial charge in [0.15, 0.2) is 0 Å². The van der Waals surface area contributed by atoms with Crippen molar-refractivity contribution in [2.24, 2.45) is 0 Å². The molecule has 0 amide bonds. The third kappa shape index (κ3) is 5.29. The summed E-state index contributed by atoms with van der Waals surface area (Å²) < 4.78 is 1.14. The van der Waals surface area contributed by atoms with Crippen molar-refractivity contribution in [1.29, 1.82) is 5.26 Å². The third-order valence-corrected chi connectivity index (χ3v) is 2.99. The van der Waals surface area contributed by atoms with Gasteiger partial charge >= 0.3 is 0 Å². The van der Waals surface area contributed by atoms with Crippen molar-refractivity contribution in [3.63, 3.8) is 0 Å². The average molecular weight is 281 g/mol.